The van der Waals surface area contributed by atoms with E-state index in [-0.39, 0.29) is 16.5 Å². The molecular weight excluding hydrogens is 360 g/mol. The minimum Gasteiger partial charge on any atom is -0.452 e. The first kappa shape index (κ1) is 19.9. The molecule has 26 heavy (non-hydrogen) atoms. The third kappa shape index (κ3) is 6.14. The topological polar surface area (TPSA) is 119 Å². The third-order valence-corrected chi connectivity index (χ3v) is 5.17. The van der Waals surface area contributed by atoms with Gasteiger partial charge in [-0.3, -0.25) is 10.1 Å². The Labute approximate surface area is 152 Å². The maximum atomic E-state index is 11.9. The highest BCUT2D eigenvalue weighted by molar-refractivity contribution is 7.90. The van der Waals surface area contributed by atoms with Gasteiger partial charge in [-0.1, -0.05) is 19.3 Å². The van der Waals surface area contributed by atoms with Gasteiger partial charge in [0.25, 0.3) is 5.91 Å². The van der Waals surface area contributed by atoms with Gasteiger partial charge in [0.2, 0.25) is 0 Å². The standard InChI is InChI=1S/C17H22N2O6S/c1-26(23,24)14-9-7-12(8-10-14)16(21)25-11-15(20)19-17(22)18-13-5-3-2-4-6-13/h7-10,13H,2-6,11H2,1H3,(H2,18,19,20,22). The van der Waals surface area contributed by atoms with E-state index in [1.54, 1.807) is 0 Å². The summed E-state index contributed by atoms with van der Waals surface area (Å²) < 4.78 is 27.6. The predicted octanol–water partition coefficient (Wildman–Crippen LogP) is 1.41. The van der Waals surface area contributed by atoms with Crippen molar-refractivity contribution in [3.8, 4) is 0 Å². The Balaban J connectivity index is 1.77. The number of benzene rings is 1. The minimum atomic E-state index is -3.36. The van der Waals surface area contributed by atoms with Crippen LogP contribution in [-0.2, 0) is 19.4 Å². The number of amides is 3. The highest BCUT2D eigenvalue weighted by Gasteiger charge is 2.18. The molecule has 142 valence electrons. The van der Waals surface area contributed by atoms with Gasteiger partial charge in [0.15, 0.2) is 16.4 Å². The van der Waals surface area contributed by atoms with Crippen molar-refractivity contribution in [3.05, 3.63) is 29.8 Å². The Morgan fingerprint density at radius 3 is 2.27 bits per heavy atom. The van der Waals surface area contributed by atoms with Crippen molar-refractivity contribution in [2.75, 3.05) is 12.9 Å². The number of imide groups is 1. The second-order valence-corrected chi connectivity index (χ2v) is 8.24. The zero-order chi connectivity index (χ0) is 19.2. The lowest BCUT2D eigenvalue weighted by atomic mass is 9.96. The van der Waals surface area contributed by atoms with Crippen molar-refractivity contribution in [1.82, 2.24) is 10.6 Å². The molecule has 1 fully saturated rings. The van der Waals surface area contributed by atoms with Crippen molar-refractivity contribution in [2.24, 2.45) is 0 Å². The number of rotatable bonds is 5. The Bertz CT molecular complexity index is 767. The van der Waals surface area contributed by atoms with Crippen molar-refractivity contribution >= 4 is 27.7 Å². The Kier molecular flexibility index (Phi) is 6.73. The predicted molar refractivity (Wildman–Crippen MR) is 93.4 cm³/mol. The molecule has 0 heterocycles. The number of hydrogen-bond donors (Lipinski definition) is 2. The van der Waals surface area contributed by atoms with Gasteiger partial charge >= 0.3 is 12.0 Å². The van der Waals surface area contributed by atoms with Crippen LogP contribution in [-0.4, -0.2) is 45.2 Å². The molecule has 3 amide bonds. The molecule has 0 saturated heterocycles. The largest absolute Gasteiger partial charge is 0.452 e. The van der Waals surface area contributed by atoms with Crippen LogP contribution >= 0.6 is 0 Å². The molecule has 0 aromatic heterocycles. The van der Waals surface area contributed by atoms with Gasteiger partial charge in [-0.2, -0.15) is 0 Å². The molecule has 1 aliphatic carbocycles. The SMILES string of the molecule is CS(=O)(=O)c1ccc(C(=O)OCC(=O)NC(=O)NC2CCCCC2)cc1. The number of urea groups is 1. The van der Waals surface area contributed by atoms with Crippen LogP contribution in [0.1, 0.15) is 42.5 Å². The van der Waals surface area contributed by atoms with Gasteiger partial charge in [-0.05, 0) is 37.1 Å². The van der Waals surface area contributed by atoms with Crippen molar-refractivity contribution in [2.45, 2.75) is 43.0 Å². The van der Waals surface area contributed by atoms with Gasteiger partial charge < -0.3 is 10.1 Å². The lowest BCUT2D eigenvalue weighted by Crippen LogP contribution is -2.46. The monoisotopic (exact) mass is 382 g/mol. The minimum absolute atomic E-state index is 0.0625. The van der Waals surface area contributed by atoms with Gasteiger partial charge in [-0.25, -0.2) is 18.0 Å². The normalized spacial score (nSPS) is 15.1. The molecule has 0 unspecified atom stereocenters. The summed E-state index contributed by atoms with van der Waals surface area (Å²) in [6.07, 6.45) is 6.09. The van der Waals surface area contributed by atoms with Crippen LogP contribution in [0.3, 0.4) is 0 Å². The summed E-state index contributed by atoms with van der Waals surface area (Å²) in [7, 11) is -3.36. The smallest absolute Gasteiger partial charge is 0.338 e. The maximum Gasteiger partial charge on any atom is 0.338 e. The fourth-order valence-electron chi connectivity index (χ4n) is 2.68. The molecule has 1 aromatic carbocycles. The molecule has 1 aromatic rings. The lowest BCUT2D eigenvalue weighted by molar-refractivity contribution is -0.123. The average molecular weight is 382 g/mol. The van der Waals surface area contributed by atoms with E-state index >= 15 is 0 Å². The first-order chi connectivity index (χ1) is 12.3. The fraction of sp³-hybridized carbons (Fsp3) is 0.471. The van der Waals surface area contributed by atoms with E-state index in [9.17, 15) is 22.8 Å². The zero-order valence-corrected chi connectivity index (χ0v) is 15.3. The van der Waals surface area contributed by atoms with Gasteiger partial charge in [0.1, 0.15) is 0 Å². The van der Waals surface area contributed by atoms with Crippen LogP contribution in [0.5, 0.6) is 0 Å². The molecule has 0 spiro atoms. The molecule has 0 atom stereocenters. The molecule has 1 saturated carbocycles. The van der Waals surface area contributed by atoms with Crippen LogP contribution in [0.25, 0.3) is 0 Å². The van der Waals surface area contributed by atoms with E-state index in [0.717, 1.165) is 38.4 Å². The number of carbonyl (C=O) groups excluding carboxylic acids is 3. The Morgan fingerprint density at radius 1 is 1.08 bits per heavy atom. The van der Waals surface area contributed by atoms with Crippen molar-refractivity contribution in [1.29, 1.82) is 0 Å². The summed E-state index contributed by atoms with van der Waals surface area (Å²) >= 11 is 0. The molecule has 8 nitrogen and oxygen atoms in total. The molecule has 0 aliphatic heterocycles. The number of hydrogen-bond acceptors (Lipinski definition) is 6. The summed E-state index contributed by atoms with van der Waals surface area (Å²) in [5, 5.41) is 4.84. The number of ether oxygens (including phenoxy) is 1. The first-order valence-corrected chi connectivity index (χ1v) is 10.2. The van der Waals surface area contributed by atoms with E-state index in [1.807, 2.05) is 0 Å². The maximum absolute atomic E-state index is 11.9. The number of esters is 1. The summed E-state index contributed by atoms with van der Waals surface area (Å²) in [6.45, 7) is -0.606. The molecule has 2 N–H and O–H groups in total. The van der Waals surface area contributed by atoms with E-state index in [1.165, 1.54) is 24.3 Å². The Morgan fingerprint density at radius 2 is 1.69 bits per heavy atom. The van der Waals surface area contributed by atoms with Crippen LogP contribution < -0.4 is 10.6 Å². The van der Waals surface area contributed by atoms with Crippen LogP contribution in [0.4, 0.5) is 4.79 Å². The first-order valence-electron chi connectivity index (χ1n) is 8.33. The highest BCUT2D eigenvalue weighted by atomic mass is 32.2. The summed E-state index contributed by atoms with van der Waals surface area (Å²) in [4.78, 5) is 35.4. The molecule has 2 rings (SSSR count). The number of sulfone groups is 1. The second-order valence-electron chi connectivity index (χ2n) is 6.23. The van der Waals surface area contributed by atoms with E-state index in [4.69, 9.17) is 4.74 Å². The number of carbonyl (C=O) groups is 3. The average Bonchev–Trinajstić information content (AvgIpc) is 2.59. The fourth-order valence-corrected chi connectivity index (χ4v) is 3.31. The van der Waals surface area contributed by atoms with Crippen molar-refractivity contribution in [3.63, 3.8) is 0 Å². The van der Waals surface area contributed by atoms with E-state index in [0.29, 0.717) is 0 Å². The van der Waals surface area contributed by atoms with Crippen LogP contribution in [0.2, 0.25) is 0 Å². The van der Waals surface area contributed by atoms with E-state index in [2.05, 4.69) is 10.6 Å². The number of nitrogens with one attached hydrogen (secondary N) is 2. The Hall–Kier alpha value is -2.42. The lowest BCUT2D eigenvalue weighted by Gasteiger charge is -2.22. The van der Waals surface area contributed by atoms with Gasteiger partial charge in [0, 0.05) is 12.3 Å². The molecule has 0 bridgehead atoms. The molecule has 9 heteroatoms. The molecule has 1 aliphatic rings. The zero-order valence-electron chi connectivity index (χ0n) is 14.5. The molecule has 0 radical (unpaired) electrons. The molecular formula is C17H22N2O6S. The van der Waals surface area contributed by atoms with E-state index < -0.39 is 34.4 Å². The third-order valence-electron chi connectivity index (χ3n) is 4.05. The quantitative estimate of drug-likeness (QED) is 0.743. The van der Waals surface area contributed by atoms with Crippen LogP contribution in [0.15, 0.2) is 29.2 Å². The van der Waals surface area contributed by atoms with Gasteiger partial charge in [-0.15, -0.1) is 0 Å². The van der Waals surface area contributed by atoms with Crippen molar-refractivity contribution < 1.29 is 27.5 Å². The second kappa shape index (κ2) is 8.79. The summed E-state index contributed by atoms with van der Waals surface area (Å²) in [6, 6.07) is 4.62. The summed E-state index contributed by atoms with van der Waals surface area (Å²) in [5.41, 5.74) is 0.108. The summed E-state index contributed by atoms with van der Waals surface area (Å²) in [5.74, 6) is -1.52. The highest BCUT2D eigenvalue weighted by Crippen LogP contribution is 2.17. The van der Waals surface area contributed by atoms with Gasteiger partial charge in [0.05, 0.1) is 10.5 Å². The van der Waals surface area contributed by atoms with Crippen LogP contribution in [0, 0.1) is 0 Å².